The zero-order valence-corrected chi connectivity index (χ0v) is 17.1. The van der Waals surface area contributed by atoms with Gasteiger partial charge in [-0.3, -0.25) is 9.78 Å². The van der Waals surface area contributed by atoms with Gasteiger partial charge in [0.1, 0.15) is 5.75 Å². The van der Waals surface area contributed by atoms with Gasteiger partial charge in [0.2, 0.25) is 5.82 Å². The average molecular weight is 436 g/mol. The van der Waals surface area contributed by atoms with E-state index in [1.807, 2.05) is 36.4 Å². The Morgan fingerprint density at radius 3 is 2.42 bits per heavy atom. The van der Waals surface area contributed by atoms with Crippen LogP contribution < -0.4 is 5.32 Å². The van der Waals surface area contributed by atoms with E-state index in [0.717, 1.165) is 5.56 Å². The molecule has 2 N–H and O–H groups in total. The summed E-state index contributed by atoms with van der Waals surface area (Å²) in [4.78, 5) is 20.7. The highest BCUT2D eigenvalue weighted by atomic mass is 16.5. The maximum absolute atomic E-state index is 12.6. The summed E-state index contributed by atoms with van der Waals surface area (Å²) in [6.45, 7) is 0. The molecule has 0 unspecified atom stereocenters. The SMILES string of the molecule is O=C(Nc1cc(/N=N/c2nc(-c3ccccc3)no2)c2ccccc2c1O)c1ccncc1. The van der Waals surface area contributed by atoms with E-state index in [-0.39, 0.29) is 17.5 Å². The van der Waals surface area contributed by atoms with Crippen LogP contribution in [0.3, 0.4) is 0 Å². The van der Waals surface area contributed by atoms with Crippen LogP contribution in [0.1, 0.15) is 10.4 Å². The van der Waals surface area contributed by atoms with Gasteiger partial charge in [0.25, 0.3) is 5.91 Å². The van der Waals surface area contributed by atoms with Crippen molar-refractivity contribution in [3.05, 3.63) is 90.8 Å². The lowest BCUT2D eigenvalue weighted by Crippen LogP contribution is -2.12. The highest BCUT2D eigenvalue weighted by Crippen LogP contribution is 2.40. The number of pyridine rings is 1. The number of aromatic nitrogens is 3. The number of phenols is 1. The lowest BCUT2D eigenvalue weighted by Gasteiger charge is -2.11. The number of hydrogen-bond acceptors (Lipinski definition) is 8. The molecule has 2 heterocycles. The number of fused-ring (bicyclic) bond motifs is 1. The lowest BCUT2D eigenvalue weighted by atomic mass is 10.1. The second kappa shape index (κ2) is 8.67. The third-order valence-corrected chi connectivity index (χ3v) is 4.88. The number of nitrogens with one attached hydrogen (secondary N) is 1. The Labute approximate surface area is 187 Å². The minimum Gasteiger partial charge on any atom is -0.505 e. The van der Waals surface area contributed by atoms with E-state index < -0.39 is 5.91 Å². The smallest absolute Gasteiger partial charge is 0.366 e. The van der Waals surface area contributed by atoms with Gasteiger partial charge in [0, 0.05) is 34.3 Å². The molecule has 0 aliphatic heterocycles. The molecular formula is C24H16N6O3. The second-order valence-corrected chi connectivity index (χ2v) is 6.99. The van der Waals surface area contributed by atoms with E-state index in [4.69, 9.17) is 4.52 Å². The van der Waals surface area contributed by atoms with Gasteiger partial charge in [-0.1, -0.05) is 64.9 Å². The number of carbonyl (C=O) groups is 1. The van der Waals surface area contributed by atoms with Crippen molar-refractivity contribution in [2.24, 2.45) is 10.2 Å². The minimum atomic E-state index is -0.393. The van der Waals surface area contributed by atoms with Crippen LogP contribution in [0.4, 0.5) is 17.4 Å². The number of rotatable bonds is 5. The van der Waals surface area contributed by atoms with Crippen LogP contribution in [0.15, 0.2) is 99.9 Å². The van der Waals surface area contributed by atoms with Gasteiger partial charge >= 0.3 is 6.01 Å². The molecule has 160 valence electrons. The molecule has 1 amide bonds. The monoisotopic (exact) mass is 436 g/mol. The number of anilines is 1. The zero-order valence-electron chi connectivity index (χ0n) is 17.1. The molecule has 0 fully saturated rings. The third kappa shape index (κ3) is 4.15. The summed E-state index contributed by atoms with van der Waals surface area (Å²) in [5, 5.41) is 26.8. The maximum Gasteiger partial charge on any atom is 0.366 e. The number of azo groups is 1. The van der Waals surface area contributed by atoms with E-state index in [1.54, 1.807) is 30.3 Å². The van der Waals surface area contributed by atoms with Crippen molar-refractivity contribution in [3.8, 4) is 17.1 Å². The molecule has 0 spiro atoms. The Balaban J connectivity index is 1.49. The maximum atomic E-state index is 12.6. The fourth-order valence-electron chi connectivity index (χ4n) is 3.27. The van der Waals surface area contributed by atoms with Crippen LogP contribution in [-0.4, -0.2) is 26.1 Å². The van der Waals surface area contributed by atoms with Crippen molar-refractivity contribution in [1.82, 2.24) is 15.1 Å². The van der Waals surface area contributed by atoms with E-state index >= 15 is 0 Å². The van der Waals surface area contributed by atoms with Crippen molar-refractivity contribution in [2.45, 2.75) is 0 Å². The van der Waals surface area contributed by atoms with E-state index in [0.29, 0.717) is 27.8 Å². The number of nitrogens with zero attached hydrogens (tertiary/aromatic N) is 5. The van der Waals surface area contributed by atoms with Gasteiger partial charge in [0.05, 0.1) is 11.4 Å². The molecule has 0 atom stereocenters. The predicted octanol–water partition coefficient (Wildman–Crippen LogP) is 5.66. The van der Waals surface area contributed by atoms with E-state index in [2.05, 4.69) is 30.7 Å². The summed E-state index contributed by atoms with van der Waals surface area (Å²) in [6, 6.07) is 21.1. The average Bonchev–Trinajstić information content (AvgIpc) is 3.35. The van der Waals surface area contributed by atoms with Crippen LogP contribution in [0.5, 0.6) is 5.75 Å². The van der Waals surface area contributed by atoms with Gasteiger partial charge in [-0.2, -0.15) is 4.98 Å². The molecule has 0 saturated heterocycles. The van der Waals surface area contributed by atoms with Crippen LogP contribution in [0.25, 0.3) is 22.2 Å². The van der Waals surface area contributed by atoms with Crippen molar-refractivity contribution < 1.29 is 14.4 Å². The number of amides is 1. The second-order valence-electron chi connectivity index (χ2n) is 6.99. The standard InChI is InChI=1S/C24H16N6O3/c31-21-18-9-5-4-8-17(18)19(14-20(21)26-23(32)16-10-12-25-13-11-16)28-29-24-27-22(30-33-24)15-6-2-1-3-7-15/h1-14,31H,(H,26,32)/b29-28+. The van der Waals surface area contributed by atoms with E-state index in [9.17, 15) is 9.90 Å². The molecule has 3 aromatic carbocycles. The number of phenolic OH excluding ortho intramolecular Hbond substituents is 1. The van der Waals surface area contributed by atoms with Crippen LogP contribution in [0.2, 0.25) is 0 Å². The summed E-state index contributed by atoms with van der Waals surface area (Å²) in [5.74, 6) is -0.0724. The minimum absolute atomic E-state index is 0.0200. The van der Waals surface area contributed by atoms with Crippen molar-refractivity contribution in [3.63, 3.8) is 0 Å². The van der Waals surface area contributed by atoms with Gasteiger partial charge in [0.15, 0.2) is 0 Å². The molecule has 9 heteroatoms. The first-order valence-electron chi connectivity index (χ1n) is 9.96. The van der Waals surface area contributed by atoms with Crippen molar-refractivity contribution >= 4 is 34.1 Å². The Hall–Kier alpha value is -4.92. The molecular weight excluding hydrogens is 420 g/mol. The molecule has 0 bridgehead atoms. The summed E-state index contributed by atoms with van der Waals surface area (Å²) in [5.41, 5.74) is 1.80. The van der Waals surface area contributed by atoms with Gasteiger partial charge in [-0.05, 0) is 18.2 Å². The first-order valence-corrected chi connectivity index (χ1v) is 9.96. The molecule has 33 heavy (non-hydrogen) atoms. The van der Waals surface area contributed by atoms with Crippen LogP contribution >= 0.6 is 0 Å². The number of benzene rings is 3. The molecule has 0 aliphatic rings. The molecule has 9 nitrogen and oxygen atoms in total. The fourth-order valence-corrected chi connectivity index (χ4v) is 3.27. The molecule has 2 aromatic heterocycles. The molecule has 5 rings (SSSR count). The highest BCUT2D eigenvalue weighted by molar-refractivity contribution is 6.09. The van der Waals surface area contributed by atoms with Gasteiger partial charge in [-0.15, -0.1) is 5.11 Å². The highest BCUT2D eigenvalue weighted by Gasteiger charge is 2.15. The topological polar surface area (TPSA) is 126 Å². The molecule has 0 radical (unpaired) electrons. The molecule has 0 aliphatic carbocycles. The predicted molar refractivity (Wildman–Crippen MR) is 122 cm³/mol. The molecule has 5 aromatic rings. The van der Waals surface area contributed by atoms with Crippen molar-refractivity contribution in [2.75, 3.05) is 5.32 Å². The van der Waals surface area contributed by atoms with Crippen molar-refractivity contribution in [1.29, 1.82) is 0 Å². The largest absolute Gasteiger partial charge is 0.505 e. The Morgan fingerprint density at radius 1 is 0.909 bits per heavy atom. The first-order chi connectivity index (χ1) is 16.2. The summed E-state index contributed by atoms with van der Waals surface area (Å²) in [7, 11) is 0. The van der Waals surface area contributed by atoms with Gasteiger partial charge in [-0.25, -0.2) is 0 Å². The fraction of sp³-hybridized carbons (Fsp3) is 0. The Bertz CT molecular complexity index is 1470. The van der Waals surface area contributed by atoms with Crippen LogP contribution in [0, 0.1) is 0 Å². The Kier molecular flexibility index (Phi) is 5.26. The van der Waals surface area contributed by atoms with Crippen LogP contribution in [-0.2, 0) is 0 Å². The summed E-state index contributed by atoms with van der Waals surface area (Å²) < 4.78 is 5.18. The number of carbonyl (C=O) groups excluding carboxylic acids is 1. The number of aromatic hydroxyl groups is 1. The third-order valence-electron chi connectivity index (χ3n) is 4.88. The lowest BCUT2D eigenvalue weighted by molar-refractivity contribution is 0.102. The molecule has 0 saturated carbocycles. The zero-order chi connectivity index (χ0) is 22.6. The summed E-state index contributed by atoms with van der Waals surface area (Å²) >= 11 is 0. The Morgan fingerprint density at radius 2 is 1.64 bits per heavy atom. The normalized spacial score (nSPS) is 11.2. The quantitative estimate of drug-likeness (QED) is 0.270. The van der Waals surface area contributed by atoms with Gasteiger partial charge < -0.3 is 14.9 Å². The number of hydrogen-bond donors (Lipinski definition) is 2. The summed E-state index contributed by atoms with van der Waals surface area (Å²) in [6.07, 6.45) is 3.03. The van der Waals surface area contributed by atoms with E-state index in [1.165, 1.54) is 18.5 Å². The first kappa shape index (κ1) is 20.0.